The molecule has 100 valence electrons. The van der Waals surface area contributed by atoms with Crippen LogP contribution in [0.4, 0.5) is 0 Å². The minimum Gasteiger partial charge on any atom is -0.477 e. The van der Waals surface area contributed by atoms with Crippen molar-refractivity contribution in [1.29, 1.82) is 0 Å². The lowest BCUT2D eigenvalue weighted by molar-refractivity contribution is 0.0701. The number of carbonyl (C=O) groups is 1. The highest BCUT2D eigenvalue weighted by atomic mass is 32.1. The van der Waals surface area contributed by atoms with Crippen molar-refractivity contribution < 1.29 is 9.90 Å². The van der Waals surface area contributed by atoms with Crippen molar-refractivity contribution in [2.75, 3.05) is 0 Å². The SMILES string of the molecule is O=C(O)c1sc2ccccc2c1Cn1ccc(=O)cc1. The summed E-state index contributed by atoms with van der Waals surface area (Å²) < 4.78 is 2.77. The number of carboxylic acids is 1. The van der Waals surface area contributed by atoms with Gasteiger partial charge in [-0.05, 0) is 11.5 Å². The molecule has 0 radical (unpaired) electrons. The normalized spacial score (nSPS) is 10.8. The summed E-state index contributed by atoms with van der Waals surface area (Å²) in [7, 11) is 0. The quantitative estimate of drug-likeness (QED) is 0.805. The molecule has 2 aromatic heterocycles. The van der Waals surface area contributed by atoms with E-state index in [-0.39, 0.29) is 5.43 Å². The molecule has 0 saturated heterocycles. The Morgan fingerprint density at radius 3 is 2.55 bits per heavy atom. The summed E-state index contributed by atoms with van der Waals surface area (Å²) >= 11 is 1.28. The van der Waals surface area contributed by atoms with Crippen LogP contribution in [0.1, 0.15) is 15.2 Å². The Kier molecular flexibility index (Phi) is 3.12. The molecule has 1 N–H and O–H groups in total. The maximum absolute atomic E-state index is 11.4. The van der Waals surface area contributed by atoms with E-state index in [0.717, 1.165) is 15.6 Å². The third-order valence-corrected chi connectivity index (χ3v) is 4.29. The second-order valence-electron chi connectivity index (χ2n) is 4.42. The fraction of sp³-hybridized carbons (Fsp3) is 0.0667. The average Bonchev–Trinajstić information content (AvgIpc) is 2.81. The van der Waals surface area contributed by atoms with Crippen LogP contribution in [0.3, 0.4) is 0 Å². The summed E-state index contributed by atoms with van der Waals surface area (Å²) in [5.41, 5.74) is 0.719. The second kappa shape index (κ2) is 4.94. The lowest BCUT2D eigenvalue weighted by atomic mass is 10.1. The fourth-order valence-electron chi connectivity index (χ4n) is 2.16. The van der Waals surface area contributed by atoms with Gasteiger partial charge in [0.1, 0.15) is 4.88 Å². The van der Waals surface area contributed by atoms with E-state index in [1.54, 1.807) is 12.4 Å². The smallest absolute Gasteiger partial charge is 0.346 e. The van der Waals surface area contributed by atoms with Crippen LogP contribution in [0.2, 0.25) is 0 Å². The molecule has 0 unspecified atom stereocenters. The molecule has 0 amide bonds. The minimum absolute atomic E-state index is 0.0603. The van der Waals surface area contributed by atoms with Gasteiger partial charge in [0.2, 0.25) is 0 Å². The minimum atomic E-state index is -0.915. The molecule has 0 saturated carbocycles. The van der Waals surface area contributed by atoms with Gasteiger partial charge in [-0.25, -0.2) is 4.79 Å². The Bertz CT molecular complexity index is 827. The Balaban J connectivity index is 2.13. The fourth-order valence-corrected chi connectivity index (χ4v) is 3.21. The van der Waals surface area contributed by atoms with Crippen molar-refractivity contribution >= 4 is 27.4 Å². The first kappa shape index (κ1) is 12.6. The van der Waals surface area contributed by atoms with Gasteiger partial charge >= 0.3 is 5.97 Å². The van der Waals surface area contributed by atoms with E-state index in [0.29, 0.717) is 11.4 Å². The summed E-state index contributed by atoms with van der Waals surface area (Å²) in [5, 5.41) is 10.3. The molecule has 1 aromatic carbocycles. The number of thiophene rings is 1. The van der Waals surface area contributed by atoms with Gasteiger partial charge in [-0.15, -0.1) is 11.3 Å². The van der Waals surface area contributed by atoms with Crippen molar-refractivity contribution in [2.24, 2.45) is 0 Å². The zero-order chi connectivity index (χ0) is 14.1. The molecule has 0 bridgehead atoms. The van der Waals surface area contributed by atoms with Crippen LogP contribution in [0.25, 0.3) is 10.1 Å². The predicted molar refractivity (Wildman–Crippen MR) is 78.6 cm³/mol. The van der Waals surface area contributed by atoms with Gasteiger partial charge in [0.05, 0.1) is 0 Å². The molecule has 2 heterocycles. The maximum Gasteiger partial charge on any atom is 0.346 e. The number of benzene rings is 1. The lowest BCUT2D eigenvalue weighted by Crippen LogP contribution is -2.07. The summed E-state index contributed by atoms with van der Waals surface area (Å²) in [6, 6.07) is 10.6. The van der Waals surface area contributed by atoms with Crippen LogP contribution in [0.15, 0.2) is 53.6 Å². The van der Waals surface area contributed by atoms with E-state index in [1.807, 2.05) is 28.8 Å². The molecule has 3 aromatic rings. The zero-order valence-corrected chi connectivity index (χ0v) is 11.3. The summed E-state index contributed by atoms with van der Waals surface area (Å²) in [4.78, 5) is 22.8. The lowest BCUT2D eigenvalue weighted by Gasteiger charge is -2.06. The number of aromatic carboxylic acids is 1. The van der Waals surface area contributed by atoms with Crippen LogP contribution in [-0.4, -0.2) is 15.6 Å². The van der Waals surface area contributed by atoms with Gasteiger partial charge in [-0.2, -0.15) is 0 Å². The molecular weight excluding hydrogens is 274 g/mol. The number of hydrogen-bond donors (Lipinski definition) is 1. The van der Waals surface area contributed by atoms with E-state index < -0.39 is 5.97 Å². The molecule has 0 aliphatic carbocycles. The predicted octanol–water partition coefficient (Wildman–Crippen LogP) is 2.81. The van der Waals surface area contributed by atoms with Gasteiger partial charge < -0.3 is 9.67 Å². The van der Waals surface area contributed by atoms with Crippen molar-refractivity contribution in [1.82, 2.24) is 4.57 Å². The van der Waals surface area contributed by atoms with Gasteiger partial charge in [0, 0.05) is 41.3 Å². The number of rotatable bonds is 3. The highest BCUT2D eigenvalue weighted by Crippen LogP contribution is 2.31. The molecule has 3 rings (SSSR count). The van der Waals surface area contributed by atoms with Crippen molar-refractivity contribution in [3.05, 3.63) is 69.5 Å². The molecule has 0 fully saturated rings. The first-order valence-electron chi connectivity index (χ1n) is 6.05. The van der Waals surface area contributed by atoms with Gasteiger partial charge in [0.15, 0.2) is 5.43 Å². The van der Waals surface area contributed by atoms with Crippen LogP contribution >= 0.6 is 11.3 Å². The van der Waals surface area contributed by atoms with E-state index >= 15 is 0 Å². The summed E-state index contributed by atoms with van der Waals surface area (Å²) in [6.45, 7) is 0.436. The molecule has 0 aliphatic heterocycles. The van der Waals surface area contributed by atoms with Crippen LogP contribution in [0, 0.1) is 0 Å². The Morgan fingerprint density at radius 1 is 1.15 bits per heavy atom. The third-order valence-electron chi connectivity index (χ3n) is 3.09. The first-order chi connectivity index (χ1) is 9.65. The maximum atomic E-state index is 11.4. The molecule has 5 heteroatoms. The molecule has 20 heavy (non-hydrogen) atoms. The first-order valence-corrected chi connectivity index (χ1v) is 6.86. The van der Waals surface area contributed by atoms with Crippen LogP contribution < -0.4 is 5.43 Å². The topological polar surface area (TPSA) is 59.3 Å². The molecular formula is C15H11NO3S. The van der Waals surface area contributed by atoms with E-state index in [2.05, 4.69) is 0 Å². The van der Waals surface area contributed by atoms with Gasteiger partial charge in [-0.1, -0.05) is 18.2 Å². The third kappa shape index (κ3) is 2.23. The van der Waals surface area contributed by atoms with Gasteiger partial charge in [0.25, 0.3) is 0 Å². The number of carboxylic acid groups (broad SMARTS) is 1. The highest BCUT2D eigenvalue weighted by molar-refractivity contribution is 7.21. The highest BCUT2D eigenvalue weighted by Gasteiger charge is 2.17. The molecule has 0 atom stereocenters. The number of pyridine rings is 1. The van der Waals surface area contributed by atoms with Crippen molar-refractivity contribution in [3.63, 3.8) is 0 Å². The largest absolute Gasteiger partial charge is 0.477 e. The number of nitrogens with zero attached hydrogens (tertiary/aromatic N) is 1. The zero-order valence-electron chi connectivity index (χ0n) is 10.4. The summed E-state index contributed by atoms with van der Waals surface area (Å²) in [6.07, 6.45) is 3.33. The molecule has 0 aliphatic rings. The van der Waals surface area contributed by atoms with E-state index in [4.69, 9.17) is 0 Å². The molecule has 0 spiro atoms. The van der Waals surface area contributed by atoms with Crippen LogP contribution in [-0.2, 0) is 6.54 Å². The number of aromatic nitrogens is 1. The number of hydrogen-bond acceptors (Lipinski definition) is 3. The van der Waals surface area contributed by atoms with E-state index in [9.17, 15) is 14.7 Å². The monoisotopic (exact) mass is 285 g/mol. The average molecular weight is 285 g/mol. The molecule has 4 nitrogen and oxygen atoms in total. The number of fused-ring (bicyclic) bond motifs is 1. The van der Waals surface area contributed by atoms with Crippen molar-refractivity contribution in [3.8, 4) is 0 Å². The standard InChI is InChI=1S/C15H11NO3S/c17-10-5-7-16(8-6-10)9-12-11-3-1-2-4-13(11)20-14(12)15(18)19/h1-8H,9H2,(H,18,19). The Hall–Kier alpha value is -2.40. The van der Waals surface area contributed by atoms with Crippen LogP contribution in [0.5, 0.6) is 0 Å². The van der Waals surface area contributed by atoms with Crippen molar-refractivity contribution in [2.45, 2.75) is 6.54 Å². The van der Waals surface area contributed by atoms with E-state index in [1.165, 1.54) is 23.5 Å². The van der Waals surface area contributed by atoms with Gasteiger partial charge in [-0.3, -0.25) is 4.79 Å². The Labute approximate surface area is 118 Å². The summed E-state index contributed by atoms with van der Waals surface area (Å²) in [5.74, 6) is -0.915. The Morgan fingerprint density at radius 2 is 1.85 bits per heavy atom. The second-order valence-corrected chi connectivity index (χ2v) is 5.47.